The lowest BCUT2D eigenvalue weighted by atomic mass is 10.2. The summed E-state index contributed by atoms with van der Waals surface area (Å²) in [6.45, 7) is 0.276. The van der Waals surface area contributed by atoms with Crippen LogP contribution in [0.3, 0.4) is 0 Å². The van der Waals surface area contributed by atoms with Gasteiger partial charge in [-0.3, -0.25) is 14.9 Å². The highest BCUT2D eigenvalue weighted by molar-refractivity contribution is 5.94. The van der Waals surface area contributed by atoms with Crippen LogP contribution >= 0.6 is 0 Å². The fourth-order valence-corrected chi connectivity index (χ4v) is 1.90. The summed E-state index contributed by atoms with van der Waals surface area (Å²) in [5.74, 6) is 0.277. The molecule has 23 heavy (non-hydrogen) atoms. The molecule has 7 nitrogen and oxygen atoms in total. The van der Waals surface area contributed by atoms with E-state index in [0.717, 1.165) is 0 Å². The summed E-state index contributed by atoms with van der Waals surface area (Å²) < 4.78 is 5.55. The number of nitrogens with one attached hydrogen (secondary N) is 1. The smallest absolute Gasteiger partial charge is 0.269 e. The molecule has 0 saturated heterocycles. The van der Waals surface area contributed by atoms with Crippen LogP contribution in [0, 0.1) is 10.1 Å². The fourth-order valence-electron chi connectivity index (χ4n) is 1.90. The van der Waals surface area contributed by atoms with Gasteiger partial charge in [-0.15, -0.1) is 0 Å². The average Bonchev–Trinajstić information content (AvgIpc) is 2.58. The van der Waals surface area contributed by atoms with Crippen molar-refractivity contribution < 1.29 is 19.6 Å². The second-order valence-corrected chi connectivity index (χ2v) is 4.72. The third-order valence-corrected chi connectivity index (χ3v) is 3.04. The van der Waals surface area contributed by atoms with E-state index in [1.807, 2.05) is 0 Å². The lowest BCUT2D eigenvalue weighted by Crippen LogP contribution is -2.26. The third-order valence-electron chi connectivity index (χ3n) is 3.04. The van der Waals surface area contributed by atoms with Gasteiger partial charge in [0, 0.05) is 24.2 Å². The lowest BCUT2D eigenvalue weighted by Gasteiger charge is -2.07. The van der Waals surface area contributed by atoms with Gasteiger partial charge in [0.05, 0.1) is 11.5 Å². The van der Waals surface area contributed by atoms with Crippen molar-refractivity contribution >= 4 is 11.6 Å². The molecule has 0 fully saturated rings. The molecule has 2 N–H and O–H groups in total. The second kappa shape index (κ2) is 7.90. The van der Waals surface area contributed by atoms with Crippen LogP contribution in [0.4, 0.5) is 5.69 Å². The zero-order valence-corrected chi connectivity index (χ0v) is 12.3. The van der Waals surface area contributed by atoms with E-state index < -0.39 is 4.92 Å². The molecule has 1 amide bonds. The molecule has 0 bridgehead atoms. The van der Waals surface area contributed by atoms with Crippen molar-refractivity contribution in [3.63, 3.8) is 0 Å². The molecular formula is C16H16N2O5. The Labute approximate surface area is 132 Å². The van der Waals surface area contributed by atoms with Crippen LogP contribution in [0.15, 0.2) is 48.5 Å². The molecule has 7 heteroatoms. The molecule has 0 aliphatic rings. The zero-order valence-electron chi connectivity index (χ0n) is 12.3. The molecule has 0 aliphatic heterocycles. The number of carbonyl (C=O) groups excluding carboxylic acids is 1. The Morgan fingerprint density at radius 1 is 1.22 bits per heavy atom. The van der Waals surface area contributed by atoms with Crippen LogP contribution in [0.25, 0.3) is 0 Å². The Bertz CT molecular complexity index is 685. The quantitative estimate of drug-likeness (QED) is 0.600. The summed E-state index contributed by atoms with van der Waals surface area (Å²) in [7, 11) is 0. The summed E-state index contributed by atoms with van der Waals surface area (Å²) in [6.07, 6.45) is 0. The summed E-state index contributed by atoms with van der Waals surface area (Å²) >= 11 is 0. The first-order chi connectivity index (χ1) is 11.1. The maximum atomic E-state index is 11.7. The van der Waals surface area contributed by atoms with Gasteiger partial charge in [0.25, 0.3) is 11.6 Å². The van der Waals surface area contributed by atoms with E-state index in [2.05, 4.69) is 5.32 Å². The highest BCUT2D eigenvalue weighted by atomic mass is 16.6. The summed E-state index contributed by atoms with van der Waals surface area (Å²) in [5.41, 5.74) is 1.16. The average molecular weight is 316 g/mol. The molecule has 0 saturated carbocycles. The fraction of sp³-hybridized carbons (Fsp3) is 0.188. The number of nitrogens with zero attached hydrogens (tertiary/aromatic N) is 1. The number of ether oxygens (including phenoxy) is 1. The van der Waals surface area contributed by atoms with E-state index in [9.17, 15) is 14.9 Å². The van der Waals surface area contributed by atoms with E-state index in [1.165, 1.54) is 12.1 Å². The molecule has 0 radical (unpaired) electrons. The number of nitro benzene ring substituents is 1. The van der Waals surface area contributed by atoms with Gasteiger partial charge >= 0.3 is 0 Å². The number of aliphatic hydroxyl groups excluding tert-OH is 1. The van der Waals surface area contributed by atoms with Gasteiger partial charge in [0.15, 0.2) is 0 Å². The number of benzene rings is 2. The predicted octanol–water partition coefficient (Wildman–Crippen LogP) is 1.90. The minimum absolute atomic E-state index is 0.0157. The Morgan fingerprint density at radius 2 is 1.96 bits per heavy atom. The van der Waals surface area contributed by atoms with Crippen LogP contribution in [-0.4, -0.2) is 29.1 Å². The molecule has 2 aromatic rings. The number of aliphatic hydroxyl groups is 1. The Kier molecular flexibility index (Phi) is 5.65. The van der Waals surface area contributed by atoms with Crippen LogP contribution in [0.5, 0.6) is 5.75 Å². The van der Waals surface area contributed by atoms with Gasteiger partial charge in [-0.2, -0.15) is 0 Å². The van der Waals surface area contributed by atoms with Gasteiger partial charge in [0.1, 0.15) is 12.4 Å². The molecule has 0 spiro atoms. The SMILES string of the molecule is O=C(NCCO)c1ccc(OCc2cccc([N+](=O)[O-])c2)cc1. The minimum Gasteiger partial charge on any atom is -0.489 e. The topological polar surface area (TPSA) is 102 Å². The highest BCUT2D eigenvalue weighted by Crippen LogP contribution is 2.17. The van der Waals surface area contributed by atoms with E-state index in [0.29, 0.717) is 16.9 Å². The largest absolute Gasteiger partial charge is 0.489 e. The first-order valence-electron chi connectivity index (χ1n) is 6.95. The monoisotopic (exact) mass is 316 g/mol. The van der Waals surface area contributed by atoms with Crippen molar-refractivity contribution in [2.24, 2.45) is 0 Å². The van der Waals surface area contributed by atoms with Gasteiger partial charge in [0.2, 0.25) is 0 Å². The van der Waals surface area contributed by atoms with Gasteiger partial charge < -0.3 is 15.2 Å². The number of rotatable bonds is 7. The van der Waals surface area contributed by atoms with Gasteiger partial charge in [-0.05, 0) is 29.8 Å². The molecule has 2 rings (SSSR count). The maximum absolute atomic E-state index is 11.7. The molecule has 0 heterocycles. The number of hydrogen-bond acceptors (Lipinski definition) is 5. The first-order valence-corrected chi connectivity index (χ1v) is 6.95. The summed E-state index contributed by atoms with van der Waals surface area (Å²) in [5, 5.41) is 21.9. The van der Waals surface area contributed by atoms with Crippen molar-refractivity contribution in [1.29, 1.82) is 0 Å². The first kappa shape index (κ1) is 16.4. The maximum Gasteiger partial charge on any atom is 0.269 e. The molecule has 2 aromatic carbocycles. The van der Waals surface area contributed by atoms with Crippen LogP contribution in [-0.2, 0) is 6.61 Å². The number of nitro groups is 1. The van der Waals surface area contributed by atoms with Crippen LogP contribution < -0.4 is 10.1 Å². The van der Waals surface area contributed by atoms with E-state index in [1.54, 1.807) is 36.4 Å². The predicted molar refractivity (Wildman–Crippen MR) is 83.3 cm³/mol. The van der Waals surface area contributed by atoms with Crippen molar-refractivity contribution in [3.8, 4) is 5.75 Å². The second-order valence-electron chi connectivity index (χ2n) is 4.72. The highest BCUT2D eigenvalue weighted by Gasteiger charge is 2.07. The minimum atomic E-state index is -0.455. The van der Waals surface area contributed by atoms with Crippen molar-refractivity contribution in [2.45, 2.75) is 6.61 Å². The van der Waals surface area contributed by atoms with Crippen molar-refractivity contribution in [1.82, 2.24) is 5.32 Å². The summed E-state index contributed by atoms with van der Waals surface area (Å²) in [4.78, 5) is 21.9. The number of amides is 1. The molecule has 0 aliphatic carbocycles. The standard InChI is InChI=1S/C16H16N2O5/c19-9-8-17-16(20)13-4-6-15(7-5-13)23-11-12-2-1-3-14(10-12)18(21)22/h1-7,10,19H,8-9,11H2,(H,17,20). The number of non-ortho nitro benzene ring substituents is 1. The van der Waals surface area contributed by atoms with E-state index >= 15 is 0 Å². The Balaban J connectivity index is 1.95. The van der Waals surface area contributed by atoms with Crippen molar-refractivity contribution in [2.75, 3.05) is 13.2 Å². The van der Waals surface area contributed by atoms with Gasteiger partial charge in [-0.1, -0.05) is 12.1 Å². The Hall–Kier alpha value is -2.93. The molecule has 0 aromatic heterocycles. The molecule has 0 unspecified atom stereocenters. The Morgan fingerprint density at radius 3 is 2.61 bits per heavy atom. The molecule has 0 atom stereocenters. The zero-order chi connectivity index (χ0) is 16.7. The van der Waals surface area contributed by atoms with Crippen LogP contribution in [0.2, 0.25) is 0 Å². The van der Waals surface area contributed by atoms with Gasteiger partial charge in [-0.25, -0.2) is 0 Å². The molecular weight excluding hydrogens is 300 g/mol. The normalized spacial score (nSPS) is 10.1. The molecule has 120 valence electrons. The summed E-state index contributed by atoms with van der Waals surface area (Å²) in [6, 6.07) is 12.7. The van der Waals surface area contributed by atoms with E-state index in [4.69, 9.17) is 9.84 Å². The van der Waals surface area contributed by atoms with Crippen molar-refractivity contribution in [3.05, 3.63) is 69.8 Å². The van der Waals surface area contributed by atoms with Crippen LogP contribution in [0.1, 0.15) is 15.9 Å². The number of carbonyl (C=O) groups is 1. The number of hydrogen-bond donors (Lipinski definition) is 2. The lowest BCUT2D eigenvalue weighted by molar-refractivity contribution is -0.384. The third kappa shape index (κ3) is 4.79. The van der Waals surface area contributed by atoms with E-state index in [-0.39, 0.29) is 31.4 Å².